The number of amides is 1. The number of benzene rings is 1. The van der Waals surface area contributed by atoms with Crippen LogP contribution in [0.25, 0.3) is 5.57 Å². The number of anilines is 1. The Bertz CT molecular complexity index is 598. The number of hydrogen-bond acceptors (Lipinski definition) is 3. The number of rotatable bonds is 1. The van der Waals surface area contributed by atoms with Gasteiger partial charge in [0, 0.05) is 12.6 Å². The Morgan fingerprint density at radius 2 is 1.95 bits per heavy atom. The number of hydrogen-bond donors (Lipinski definition) is 0. The minimum absolute atomic E-state index is 0.254. The van der Waals surface area contributed by atoms with Crippen LogP contribution < -0.4 is 4.90 Å². The Hall–Kier alpha value is -2.10. The summed E-state index contributed by atoms with van der Waals surface area (Å²) in [6, 6.07) is 7.54. The Morgan fingerprint density at radius 3 is 2.57 bits per heavy atom. The van der Waals surface area contributed by atoms with Gasteiger partial charge >= 0.3 is 5.97 Å². The molecule has 21 heavy (non-hydrogen) atoms. The van der Waals surface area contributed by atoms with E-state index < -0.39 is 17.5 Å². The van der Waals surface area contributed by atoms with Gasteiger partial charge in [0.1, 0.15) is 11.5 Å². The molecule has 1 aliphatic rings. The monoisotopic (exact) mass is 287 g/mol. The lowest BCUT2D eigenvalue weighted by atomic mass is 9.96. The Kier molecular flexibility index (Phi) is 3.90. The van der Waals surface area contributed by atoms with Gasteiger partial charge in [-0.15, -0.1) is 0 Å². The average Bonchev–Trinajstić information content (AvgIpc) is 2.49. The third-order valence-corrected chi connectivity index (χ3v) is 3.42. The van der Waals surface area contributed by atoms with Gasteiger partial charge in [-0.1, -0.05) is 24.8 Å². The average molecular weight is 287 g/mol. The van der Waals surface area contributed by atoms with E-state index in [1.165, 1.54) is 4.90 Å². The van der Waals surface area contributed by atoms with Gasteiger partial charge in [-0.25, -0.2) is 0 Å². The van der Waals surface area contributed by atoms with E-state index in [0.29, 0.717) is 0 Å². The summed E-state index contributed by atoms with van der Waals surface area (Å²) in [5.41, 5.74) is 1.84. The molecule has 2 rings (SSSR count). The molecule has 0 saturated heterocycles. The van der Waals surface area contributed by atoms with Crippen molar-refractivity contribution >= 4 is 23.1 Å². The number of nitrogens with zero attached hydrogens (tertiary/aromatic N) is 1. The zero-order chi connectivity index (χ0) is 15.8. The lowest BCUT2D eigenvalue weighted by Crippen LogP contribution is -2.39. The smallest absolute Gasteiger partial charge is 0.319 e. The minimum atomic E-state index is -0.839. The Labute approximate surface area is 125 Å². The van der Waals surface area contributed by atoms with Gasteiger partial charge in [0.15, 0.2) is 0 Å². The van der Waals surface area contributed by atoms with Gasteiger partial charge in [0.05, 0.1) is 5.69 Å². The third kappa shape index (κ3) is 3.15. The molecule has 1 atom stereocenters. The highest BCUT2D eigenvalue weighted by atomic mass is 16.6. The summed E-state index contributed by atoms with van der Waals surface area (Å²) < 4.78 is 5.37. The highest BCUT2D eigenvalue weighted by Gasteiger charge is 2.37. The molecule has 1 heterocycles. The fourth-order valence-electron chi connectivity index (χ4n) is 2.42. The van der Waals surface area contributed by atoms with Crippen LogP contribution in [0.3, 0.4) is 0 Å². The first-order valence-electron chi connectivity index (χ1n) is 6.98. The number of esters is 1. The first kappa shape index (κ1) is 15.3. The van der Waals surface area contributed by atoms with Crippen LogP contribution in [0.1, 0.15) is 32.8 Å². The summed E-state index contributed by atoms with van der Waals surface area (Å²) in [7, 11) is 1.68. The second-order valence-electron chi connectivity index (χ2n) is 6.31. The molecule has 0 aromatic heterocycles. The maximum Gasteiger partial charge on any atom is 0.319 e. The maximum absolute atomic E-state index is 12.6. The molecule has 0 spiro atoms. The molecule has 0 radical (unpaired) electrons. The molecule has 0 aliphatic carbocycles. The molecular weight excluding hydrogens is 266 g/mol. The van der Waals surface area contributed by atoms with Gasteiger partial charge in [-0.05, 0) is 38.8 Å². The summed E-state index contributed by atoms with van der Waals surface area (Å²) in [5.74, 6) is -1.59. The van der Waals surface area contributed by atoms with Crippen molar-refractivity contribution in [2.45, 2.75) is 32.8 Å². The van der Waals surface area contributed by atoms with Crippen LogP contribution in [0.5, 0.6) is 0 Å². The molecular formula is C17H21NO3. The van der Waals surface area contributed by atoms with Gasteiger partial charge in [0.25, 0.3) is 0 Å². The first-order valence-corrected chi connectivity index (χ1v) is 6.98. The summed E-state index contributed by atoms with van der Waals surface area (Å²) >= 11 is 0. The molecule has 1 aliphatic heterocycles. The predicted molar refractivity (Wildman–Crippen MR) is 82.8 cm³/mol. The summed E-state index contributed by atoms with van der Waals surface area (Å²) in [6.45, 7) is 9.40. The Morgan fingerprint density at radius 1 is 1.33 bits per heavy atom. The lowest BCUT2D eigenvalue weighted by Gasteiger charge is -2.24. The van der Waals surface area contributed by atoms with Gasteiger partial charge in [-0.3, -0.25) is 9.59 Å². The zero-order valence-electron chi connectivity index (χ0n) is 13.0. The van der Waals surface area contributed by atoms with Crippen molar-refractivity contribution in [3.8, 4) is 0 Å². The standard InChI is InChI=1S/C17H21NO3/c1-11-10-13(16(20)21-17(2,3)4)15(19)18(5)14-9-7-6-8-12(11)14/h6-9,13H,1,10H2,2-5H3. The summed E-state index contributed by atoms with van der Waals surface area (Å²) in [6.07, 6.45) is 0.287. The molecule has 1 unspecified atom stereocenters. The molecule has 112 valence electrons. The number of ether oxygens (including phenoxy) is 1. The van der Waals surface area contributed by atoms with E-state index in [-0.39, 0.29) is 12.3 Å². The van der Waals surface area contributed by atoms with E-state index in [4.69, 9.17) is 4.74 Å². The molecule has 1 amide bonds. The molecule has 0 N–H and O–H groups in total. The van der Waals surface area contributed by atoms with Crippen molar-refractivity contribution in [3.63, 3.8) is 0 Å². The number of allylic oxidation sites excluding steroid dienone is 1. The second kappa shape index (κ2) is 5.35. The normalized spacial score (nSPS) is 19.0. The van der Waals surface area contributed by atoms with Gasteiger partial charge in [0.2, 0.25) is 5.91 Å². The molecule has 1 aromatic carbocycles. The zero-order valence-corrected chi connectivity index (χ0v) is 13.0. The third-order valence-electron chi connectivity index (χ3n) is 3.42. The number of carbonyl (C=O) groups is 2. The largest absolute Gasteiger partial charge is 0.459 e. The van der Waals surface area contributed by atoms with E-state index in [1.54, 1.807) is 27.8 Å². The van der Waals surface area contributed by atoms with E-state index in [0.717, 1.165) is 16.8 Å². The fraction of sp³-hybridized carbons (Fsp3) is 0.412. The van der Waals surface area contributed by atoms with Crippen molar-refractivity contribution in [2.75, 3.05) is 11.9 Å². The highest BCUT2D eigenvalue weighted by molar-refractivity contribution is 6.09. The van der Waals surface area contributed by atoms with Crippen molar-refractivity contribution < 1.29 is 14.3 Å². The van der Waals surface area contributed by atoms with E-state index in [1.807, 2.05) is 24.3 Å². The summed E-state index contributed by atoms with van der Waals surface area (Å²) in [5, 5.41) is 0. The quantitative estimate of drug-likeness (QED) is 0.589. The fourth-order valence-corrected chi connectivity index (χ4v) is 2.42. The van der Waals surface area contributed by atoms with E-state index in [2.05, 4.69) is 6.58 Å². The number of fused-ring (bicyclic) bond motifs is 1. The van der Waals surface area contributed by atoms with Crippen molar-refractivity contribution in [1.82, 2.24) is 0 Å². The molecule has 0 saturated carbocycles. The molecule has 0 fully saturated rings. The van der Waals surface area contributed by atoms with Gasteiger partial charge in [-0.2, -0.15) is 0 Å². The molecule has 1 aromatic rings. The maximum atomic E-state index is 12.6. The lowest BCUT2D eigenvalue weighted by molar-refractivity contribution is -0.161. The number of para-hydroxylation sites is 1. The van der Waals surface area contributed by atoms with Crippen LogP contribution in [0.2, 0.25) is 0 Å². The molecule has 4 nitrogen and oxygen atoms in total. The Balaban J connectivity index is 2.35. The SMILES string of the molecule is C=C1CC(C(=O)OC(C)(C)C)C(=O)N(C)c2ccccc21. The van der Waals surface area contributed by atoms with Crippen molar-refractivity contribution in [3.05, 3.63) is 36.4 Å². The van der Waals surface area contributed by atoms with Crippen molar-refractivity contribution in [1.29, 1.82) is 0 Å². The first-order chi connectivity index (χ1) is 9.70. The van der Waals surface area contributed by atoms with Crippen LogP contribution >= 0.6 is 0 Å². The van der Waals surface area contributed by atoms with Crippen LogP contribution in [-0.2, 0) is 14.3 Å². The molecule has 4 heteroatoms. The molecule has 0 bridgehead atoms. The van der Waals surface area contributed by atoms with E-state index >= 15 is 0 Å². The van der Waals surface area contributed by atoms with Gasteiger partial charge < -0.3 is 9.64 Å². The van der Waals surface area contributed by atoms with Crippen LogP contribution in [-0.4, -0.2) is 24.5 Å². The predicted octanol–water partition coefficient (Wildman–Crippen LogP) is 3.02. The second-order valence-corrected chi connectivity index (χ2v) is 6.31. The van der Waals surface area contributed by atoms with Crippen LogP contribution in [0.4, 0.5) is 5.69 Å². The van der Waals surface area contributed by atoms with Crippen LogP contribution in [0, 0.1) is 5.92 Å². The number of carbonyl (C=O) groups excluding carboxylic acids is 2. The topological polar surface area (TPSA) is 46.6 Å². The van der Waals surface area contributed by atoms with Crippen molar-refractivity contribution in [2.24, 2.45) is 5.92 Å². The minimum Gasteiger partial charge on any atom is -0.459 e. The highest BCUT2D eigenvalue weighted by Crippen LogP contribution is 2.35. The van der Waals surface area contributed by atoms with Crippen LogP contribution in [0.15, 0.2) is 30.8 Å². The van der Waals surface area contributed by atoms with E-state index in [9.17, 15) is 9.59 Å². The summed E-state index contributed by atoms with van der Waals surface area (Å²) in [4.78, 5) is 26.4.